The zero-order valence-corrected chi connectivity index (χ0v) is 83.4. The Morgan fingerprint density at radius 2 is 0.467 bits per heavy atom. The van der Waals surface area contributed by atoms with Crippen molar-refractivity contribution in [3.63, 3.8) is 0 Å². The zero-order valence-electron chi connectivity index (χ0n) is 83.4. The number of ether oxygens (including phenoxy) is 21. The Labute approximate surface area is 798 Å². The summed E-state index contributed by atoms with van der Waals surface area (Å²) in [5.74, 6) is -19.0. The minimum absolute atomic E-state index is 0.0615. The molecule has 10 unspecified atom stereocenters. The summed E-state index contributed by atoms with van der Waals surface area (Å²) in [4.78, 5) is 117. The van der Waals surface area contributed by atoms with Crippen molar-refractivity contribution < 1.29 is 213 Å². The maximum Gasteiger partial charge on any atom is 0.434 e. The van der Waals surface area contributed by atoms with Crippen LogP contribution in [0.25, 0.3) is 0 Å². The van der Waals surface area contributed by atoms with Gasteiger partial charge in [0.15, 0.2) is 19.9 Å². The molecule has 0 aromatic carbocycles. The summed E-state index contributed by atoms with van der Waals surface area (Å²) in [7, 11) is 8.16. The Bertz CT molecular complexity index is 2970. The van der Waals surface area contributed by atoms with Crippen LogP contribution in [0.4, 0.5) is 65.9 Å². The molecule has 0 aliphatic heterocycles. The van der Waals surface area contributed by atoms with Crippen molar-refractivity contribution in [3.05, 3.63) is 0 Å². The fraction of sp³-hybridized carbons (Fsp3) is 0.890. The molecule has 46 heteroatoms. The van der Waals surface area contributed by atoms with Crippen molar-refractivity contribution in [1.82, 2.24) is 0 Å². The normalized spacial score (nSPS) is 13.7. The number of carbonyl (C=O) groups excluding carboxylic acids is 10. The molecular weight excluding hydrogens is 1870 g/mol. The summed E-state index contributed by atoms with van der Waals surface area (Å²) >= 11 is 0. The first-order chi connectivity index (χ1) is 64.7. The van der Waals surface area contributed by atoms with Crippen LogP contribution in [-0.4, -0.2) is 317 Å². The molecule has 137 heavy (non-hydrogen) atoms. The van der Waals surface area contributed by atoms with Gasteiger partial charge in [0, 0.05) is 108 Å². The van der Waals surface area contributed by atoms with Gasteiger partial charge in [0.25, 0.3) is 6.10 Å². The lowest BCUT2D eigenvalue weighted by Crippen LogP contribution is -2.46. The number of hydrogen-bond acceptors (Lipinski definition) is 31. The van der Waals surface area contributed by atoms with Gasteiger partial charge >= 0.3 is 90.1 Å². The molecule has 0 N–H and O–H groups in total. The van der Waals surface area contributed by atoms with Crippen molar-refractivity contribution in [3.8, 4) is 0 Å². The third kappa shape index (κ3) is 79.5. The predicted octanol–water partition coefficient (Wildman–Crippen LogP) is 16.8. The van der Waals surface area contributed by atoms with E-state index in [0.717, 1.165) is 45.4 Å². The van der Waals surface area contributed by atoms with Crippen molar-refractivity contribution in [2.75, 3.05) is 221 Å². The lowest BCUT2D eigenvalue weighted by atomic mass is 10.0. The number of hydrogen-bond donors (Lipinski definition) is 0. The van der Waals surface area contributed by atoms with Crippen LogP contribution in [0.1, 0.15) is 212 Å². The van der Waals surface area contributed by atoms with Crippen molar-refractivity contribution >= 4 is 59.7 Å². The molecule has 0 aromatic rings. The number of halogens is 15. The summed E-state index contributed by atoms with van der Waals surface area (Å²) in [5, 5.41) is 0. The van der Waals surface area contributed by atoms with Gasteiger partial charge in [-0.2, -0.15) is 57.1 Å². The predicted molar refractivity (Wildman–Crippen MR) is 469 cm³/mol. The maximum absolute atomic E-state index is 13.1. The minimum Gasteiger partial charge on any atom is -0.466 e. The highest BCUT2D eigenvalue weighted by Crippen LogP contribution is 2.37. The number of rotatable bonds is 76. The first-order valence-electron chi connectivity index (χ1n) is 46.2. The molecule has 0 spiro atoms. The largest absolute Gasteiger partial charge is 0.466 e. The van der Waals surface area contributed by atoms with Crippen LogP contribution in [0.3, 0.4) is 0 Å². The van der Waals surface area contributed by atoms with Crippen LogP contribution in [0.2, 0.25) is 0 Å². The van der Waals surface area contributed by atoms with E-state index in [2.05, 4.69) is 14.2 Å². The molecule has 0 saturated carbocycles. The maximum atomic E-state index is 13.1. The Morgan fingerprint density at radius 1 is 0.241 bits per heavy atom. The van der Waals surface area contributed by atoms with Crippen LogP contribution in [-0.2, 0) is 147 Å². The van der Waals surface area contributed by atoms with Gasteiger partial charge in [0.05, 0.1) is 113 Å². The fourth-order valence-electron chi connectivity index (χ4n) is 10.8. The summed E-state index contributed by atoms with van der Waals surface area (Å²) in [5.41, 5.74) is 0. The molecule has 0 aliphatic rings. The molecule has 0 heterocycles. The standard InChI is InChI=1S/C19H31F5O6.C19H36O7.C18H28F6O6.C17H29F3O6.C17H32O6.CH3F/c1-4-15(17(26)29-11-10-27-3)6-5-8-28-9-7-14(2)16(25)30-13-19(23,24)18(21,22)12-20;1-5-17(19(21)26-14-12-22-4)8-7-10-24-11-9-16(3)18(20)25-15-13-23-6-2;1-4-13(15(26)29-11-10-27-3)6-5-8-28-9-7-12(2)14(25)30-16(17(19,20)21)18(22,23)24;1-4-14(16(22)25-11-10-23-3)6-5-8-24-9-7-13(2)15(21)26-12-17(18,19)20;1-5-15(17(19)23-13-12-20-4)8-7-10-21-11-9-14(3)16(18)22-6-2;1-2/h14-15H,4-13H2,1-3H3;16-17H,5-15H2,1-4H3;12-13,16H,4-11H2,1-3H3;13-14H,4-12H2,1-3H3;14-15H,5-13H2,1-4H3;1H3. The first kappa shape index (κ1) is 141. The Morgan fingerprint density at radius 3 is 0.686 bits per heavy atom. The van der Waals surface area contributed by atoms with Gasteiger partial charge in [0.2, 0.25) is 0 Å². The van der Waals surface area contributed by atoms with Crippen LogP contribution < -0.4 is 0 Å². The molecule has 0 aromatic heterocycles. The van der Waals surface area contributed by atoms with Gasteiger partial charge < -0.3 is 99.5 Å². The number of carbonyl (C=O) groups is 10. The third-order valence-corrected chi connectivity index (χ3v) is 19.8. The van der Waals surface area contributed by atoms with E-state index in [1.807, 2.05) is 55.4 Å². The molecule has 31 nitrogen and oxygen atoms in total. The monoisotopic (exact) mass is 2030 g/mol. The van der Waals surface area contributed by atoms with E-state index in [1.165, 1.54) is 35.2 Å². The molecular formula is C91H159F15O31. The quantitative estimate of drug-likeness (QED) is 0.0236. The van der Waals surface area contributed by atoms with Gasteiger partial charge in [-0.3, -0.25) is 52.3 Å². The lowest BCUT2D eigenvalue weighted by Gasteiger charge is -2.24. The van der Waals surface area contributed by atoms with Gasteiger partial charge in [-0.05, 0) is 142 Å². The topological polar surface area (TPSA) is 365 Å². The molecule has 0 radical (unpaired) electrons. The van der Waals surface area contributed by atoms with E-state index in [9.17, 15) is 114 Å². The molecule has 10 atom stereocenters. The number of esters is 10. The highest BCUT2D eigenvalue weighted by Gasteiger charge is 2.60. The molecule has 0 amide bonds. The van der Waals surface area contributed by atoms with E-state index in [1.54, 1.807) is 21.1 Å². The van der Waals surface area contributed by atoms with Gasteiger partial charge in [-0.25, -0.2) is 4.39 Å². The van der Waals surface area contributed by atoms with Crippen molar-refractivity contribution in [2.45, 2.75) is 248 Å². The second-order valence-corrected chi connectivity index (χ2v) is 30.9. The number of methoxy groups -OCH3 is 5. The minimum atomic E-state index is -5.75. The summed E-state index contributed by atoms with van der Waals surface area (Å²) in [6.45, 7) is 23.0. The van der Waals surface area contributed by atoms with E-state index in [0.29, 0.717) is 184 Å². The van der Waals surface area contributed by atoms with E-state index in [-0.39, 0.29) is 155 Å². The third-order valence-electron chi connectivity index (χ3n) is 19.8. The second kappa shape index (κ2) is 89.3. The van der Waals surface area contributed by atoms with Crippen LogP contribution in [0.5, 0.6) is 0 Å². The molecule has 0 saturated heterocycles. The van der Waals surface area contributed by atoms with Crippen molar-refractivity contribution in [2.24, 2.45) is 59.2 Å². The Kier molecular flexibility index (Phi) is 91.9. The first-order valence-corrected chi connectivity index (χ1v) is 46.2. The van der Waals surface area contributed by atoms with Gasteiger partial charge in [-0.15, -0.1) is 0 Å². The summed E-state index contributed by atoms with van der Waals surface area (Å²) < 4.78 is 287. The average molecular weight is 2030 g/mol. The Hall–Kier alpha value is -6.79. The summed E-state index contributed by atoms with van der Waals surface area (Å²) in [6, 6.07) is 0. The van der Waals surface area contributed by atoms with Gasteiger partial charge in [-0.1, -0.05) is 69.2 Å². The van der Waals surface area contributed by atoms with Crippen LogP contribution >= 0.6 is 0 Å². The highest BCUT2D eigenvalue weighted by atomic mass is 19.4. The zero-order chi connectivity index (χ0) is 106. The van der Waals surface area contributed by atoms with Gasteiger partial charge in [0.1, 0.15) is 39.6 Å². The number of alkyl halides is 15. The SMILES string of the molecule is CCC(CCCOCCC(C)C(=O)OC(C(F)(F)F)C(F)(F)F)C(=O)OCCOC.CCC(CCCOCCC(C)C(=O)OCC(F)(F)C(F)(F)CF)C(=O)OCCOC.CCC(CCCOCCC(C)C(=O)OCC(F)(F)F)C(=O)OCCOC.CCOC(=O)C(C)CCOCCCC(CC)C(=O)OCCOC.CCOCCOC(=O)C(C)CCOCCCC(CC)C(=O)OCCOC.CF. The Balaban J connectivity index is -0.000000391. The summed E-state index contributed by atoms with van der Waals surface area (Å²) in [6.07, 6.45) is -8.87. The van der Waals surface area contributed by atoms with E-state index >= 15 is 0 Å². The average Bonchev–Trinajstić information content (AvgIpc) is 0.827. The molecule has 814 valence electrons. The second-order valence-electron chi connectivity index (χ2n) is 30.9. The molecule has 0 rings (SSSR count). The fourth-order valence-corrected chi connectivity index (χ4v) is 10.8. The van der Waals surface area contributed by atoms with Crippen LogP contribution in [0, 0.1) is 59.2 Å². The van der Waals surface area contributed by atoms with Crippen LogP contribution in [0.15, 0.2) is 0 Å². The highest BCUT2D eigenvalue weighted by molar-refractivity contribution is 5.75. The molecule has 0 fully saturated rings. The molecule has 0 aliphatic carbocycles. The smallest absolute Gasteiger partial charge is 0.434 e. The molecule has 0 bridgehead atoms. The van der Waals surface area contributed by atoms with E-state index in [4.69, 9.17) is 85.3 Å². The lowest BCUT2D eigenvalue weighted by molar-refractivity contribution is -0.314. The van der Waals surface area contributed by atoms with E-state index < -0.39 is 92.0 Å². The van der Waals surface area contributed by atoms with Crippen molar-refractivity contribution in [1.29, 1.82) is 0 Å².